The van der Waals surface area contributed by atoms with Gasteiger partial charge in [0, 0.05) is 18.2 Å². The molecule has 1 aromatic carbocycles. The second-order valence-corrected chi connectivity index (χ2v) is 5.65. The minimum Gasteiger partial charge on any atom is -0.504 e. The van der Waals surface area contributed by atoms with E-state index in [0.29, 0.717) is 11.8 Å². The summed E-state index contributed by atoms with van der Waals surface area (Å²) in [6, 6.07) is 2.21. The van der Waals surface area contributed by atoms with Gasteiger partial charge in [-0.2, -0.15) is 0 Å². The molecule has 1 aliphatic heterocycles. The predicted molar refractivity (Wildman–Crippen MR) is 88.8 cm³/mol. The lowest BCUT2D eigenvalue weighted by molar-refractivity contribution is -0.385. The molecule has 9 heteroatoms. The number of hydrogen-bond donors (Lipinski definition) is 1. The van der Waals surface area contributed by atoms with E-state index in [1.54, 1.807) is 6.92 Å². The summed E-state index contributed by atoms with van der Waals surface area (Å²) in [6.45, 7) is 5.40. The van der Waals surface area contributed by atoms with Crippen molar-refractivity contribution >= 4 is 34.7 Å². The zero-order chi connectivity index (χ0) is 17.9. The van der Waals surface area contributed by atoms with E-state index in [1.807, 2.05) is 0 Å². The highest BCUT2D eigenvalue weighted by Crippen LogP contribution is 2.39. The second kappa shape index (κ2) is 7.18. The van der Waals surface area contributed by atoms with Crippen LogP contribution in [0.1, 0.15) is 12.5 Å². The second-order valence-electron chi connectivity index (χ2n) is 4.65. The van der Waals surface area contributed by atoms with Crippen molar-refractivity contribution < 1.29 is 24.4 Å². The van der Waals surface area contributed by atoms with Crippen LogP contribution in [0.4, 0.5) is 10.5 Å². The van der Waals surface area contributed by atoms with Crippen molar-refractivity contribution in [1.82, 2.24) is 4.90 Å². The average molecular weight is 350 g/mol. The summed E-state index contributed by atoms with van der Waals surface area (Å²) in [5.41, 5.74) is -0.274. The summed E-state index contributed by atoms with van der Waals surface area (Å²) in [5.74, 6) is -0.949. The van der Waals surface area contributed by atoms with E-state index in [4.69, 9.17) is 4.74 Å². The van der Waals surface area contributed by atoms with Crippen LogP contribution >= 0.6 is 11.8 Å². The predicted octanol–water partition coefficient (Wildman–Crippen LogP) is 2.92. The molecule has 2 amide bonds. The van der Waals surface area contributed by atoms with Crippen LogP contribution in [0.5, 0.6) is 11.5 Å². The van der Waals surface area contributed by atoms with Crippen LogP contribution in [0.25, 0.3) is 6.08 Å². The number of benzene rings is 1. The molecule has 8 nitrogen and oxygen atoms in total. The summed E-state index contributed by atoms with van der Waals surface area (Å²) in [7, 11) is 0. The number of imide groups is 1. The van der Waals surface area contributed by atoms with Gasteiger partial charge in [0.2, 0.25) is 0 Å². The van der Waals surface area contributed by atoms with Gasteiger partial charge in [-0.05, 0) is 24.8 Å². The van der Waals surface area contributed by atoms with Gasteiger partial charge in [-0.25, -0.2) is 0 Å². The van der Waals surface area contributed by atoms with Crippen LogP contribution in [0.15, 0.2) is 29.7 Å². The molecule has 1 aliphatic rings. The normalized spacial score (nSPS) is 15.9. The van der Waals surface area contributed by atoms with Gasteiger partial charge in [-0.15, -0.1) is 6.58 Å². The first-order valence-corrected chi connectivity index (χ1v) is 7.71. The zero-order valence-corrected chi connectivity index (χ0v) is 13.5. The molecule has 0 unspecified atom stereocenters. The molecule has 126 valence electrons. The van der Waals surface area contributed by atoms with Crippen LogP contribution in [-0.2, 0) is 4.79 Å². The Morgan fingerprint density at radius 1 is 1.46 bits per heavy atom. The van der Waals surface area contributed by atoms with E-state index < -0.39 is 16.1 Å². The van der Waals surface area contributed by atoms with Crippen LogP contribution in [0, 0.1) is 10.1 Å². The lowest BCUT2D eigenvalue weighted by Gasteiger charge is -2.09. The standard InChI is InChI=1S/C15H14N2O6S/c1-3-5-16-14(19)12(24-15(16)20)7-9-6-10(17(21)22)8-11(13(9)18)23-4-2/h3,6-8,18H,1,4-5H2,2H3/b12-7+. The fourth-order valence-electron chi connectivity index (χ4n) is 2.02. The van der Waals surface area contributed by atoms with E-state index >= 15 is 0 Å². The van der Waals surface area contributed by atoms with Crippen molar-refractivity contribution in [2.45, 2.75) is 6.92 Å². The maximum atomic E-state index is 12.2. The topological polar surface area (TPSA) is 110 Å². The molecule has 0 spiro atoms. The Labute approximate surface area is 141 Å². The number of aromatic hydroxyl groups is 1. The molecule has 0 aromatic heterocycles. The first-order chi connectivity index (χ1) is 11.4. The van der Waals surface area contributed by atoms with Crippen molar-refractivity contribution in [3.8, 4) is 11.5 Å². The van der Waals surface area contributed by atoms with Gasteiger partial charge in [0.1, 0.15) is 0 Å². The number of nitrogens with zero attached hydrogens (tertiary/aromatic N) is 2. The smallest absolute Gasteiger partial charge is 0.293 e. The van der Waals surface area contributed by atoms with Crippen molar-refractivity contribution in [3.63, 3.8) is 0 Å². The van der Waals surface area contributed by atoms with E-state index in [1.165, 1.54) is 12.2 Å². The molecular weight excluding hydrogens is 336 g/mol. The molecule has 1 heterocycles. The maximum absolute atomic E-state index is 12.2. The lowest BCUT2D eigenvalue weighted by Crippen LogP contribution is -2.27. The summed E-state index contributed by atoms with van der Waals surface area (Å²) < 4.78 is 5.17. The Hall–Kier alpha value is -2.81. The number of carbonyl (C=O) groups is 2. The number of thioether (sulfide) groups is 1. The van der Waals surface area contributed by atoms with E-state index in [-0.39, 0.29) is 40.8 Å². The number of ether oxygens (including phenoxy) is 1. The Morgan fingerprint density at radius 3 is 2.75 bits per heavy atom. The molecule has 24 heavy (non-hydrogen) atoms. The van der Waals surface area contributed by atoms with Crippen molar-refractivity contribution in [2.75, 3.05) is 13.2 Å². The van der Waals surface area contributed by atoms with E-state index in [2.05, 4.69) is 6.58 Å². The number of rotatable bonds is 6. The third-order valence-electron chi connectivity index (χ3n) is 3.07. The van der Waals surface area contributed by atoms with Gasteiger partial charge < -0.3 is 9.84 Å². The van der Waals surface area contributed by atoms with E-state index in [0.717, 1.165) is 17.0 Å². The Bertz CT molecular complexity index is 759. The van der Waals surface area contributed by atoms with Gasteiger partial charge in [0.25, 0.3) is 16.8 Å². The summed E-state index contributed by atoms with van der Waals surface area (Å²) >= 11 is 0.688. The lowest BCUT2D eigenvalue weighted by atomic mass is 10.1. The van der Waals surface area contributed by atoms with Crippen LogP contribution in [0.3, 0.4) is 0 Å². The highest BCUT2D eigenvalue weighted by atomic mass is 32.2. The highest BCUT2D eigenvalue weighted by molar-refractivity contribution is 8.18. The summed E-state index contributed by atoms with van der Waals surface area (Å²) in [5, 5.41) is 20.7. The fraction of sp³-hybridized carbons (Fsp3) is 0.200. The van der Waals surface area contributed by atoms with Gasteiger partial charge in [0.05, 0.1) is 22.5 Å². The number of nitro benzene ring substituents is 1. The number of phenolic OH excluding ortho intramolecular Hbond substituents is 1. The number of amides is 2. The van der Waals surface area contributed by atoms with Crippen molar-refractivity contribution in [3.05, 3.63) is 45.4 Å². The molecule has 2 rings (SSSR count). The number of nitro groups is 1. The number of hydrogen-bond acceptors (Lipinski definition) is 7. The molecule has 1 saturated heterocycles. The summed E-state index contributed by atoms with van der Waals surface area (Å²) in [4.78, 5) is 35.4. The zero-order valence-electron chi connectivity index (χ0n) is 12.7. The van der Waals surface area contributed by atoms with Crippen molar-refractivity contribution in [2.24, 2.45) is 0 Å². The largest absolute Gasteiger partial charge is 0.504 e. The fourth-order valence-corrected chi connectivity index (χ4v) is 2.86. The molecule has 0 bridgehead atoms. The Balaban J connectivity index is 2.48. The Kier molecular flexibility index (Phi) is 5.24. The summed E-state index contributed by atoms with van der Waals surface area (Å²) in [6.07, 6.45) is 2.65. The first kappa shape index (κ1) is 17.5. The minimum absolute atomic E-state index is 0.0248. The quantitative estimate of drug-likeness (QED) is 0.363. The van der Waals surface area contributed by atoms with E-state index in [9.17, 15) is 24.8 Å². The molecule has 1 fully saturated rings. The van der Waals surface area contributed by atoms with Crippen LogP contribution in [0.2, 0.25) is 0 Å². The molecule has 1 aromatic rings. The molecule has 0 atom stereocenters. The Morgan fingerprint density at radius 2 is 2.17 bits per heavy atom. The molecule has 1 N–H and O–H groups in total. The van der Waals surface area contributed by atoms with Crippen molar-refractivity contribution in [1.29, 1.82) is 0 Å². The number of phenols is 1. The number of non-ortho nitro benzene ring substituents is 1. The van der Waals surface area contributed by atoms with Crippen LogP contribution < -0.4 is 4.74 Å². The molecule has 0 aliphatic carbocycles. The third kappa shape index (κ3) is 3.40. The van der Waals surface area contributed by atoms with Crippen LogP contribution in [-0.4, -0.2) is 39.2 Å². The van der Waals surface area contributed by atoms with Gasteiger partial charge in [-0.1, -0.05) is 6.08 Å². The minimum atomic E-state index is -0.636. The molecule has 0 radical (unpaired) electrons. The average Bonchev–Trinajstić information content (AvgIpc) is 2.79. The van der Waals surface area contributed by atoms with Gasteiger partial charge in [-0.3, -0.25) is 24.6 Å². The molecule has 0 saturated carbocycles. The highest BCUT2D eigenvalue weighted by Gasteiger charge is 2.34. The third-order valence-corrected chi connectivity index (χ3v) is 3.98. The molecular formula is C15H14N2O6S. The van der Waals surface area contributed by atoms with Gasteiger partial charge in [0.15, 0.2) is 11.5 Å². The monoisotopic (exact) mass is 350 g/mol. The first-order valence-electron chi connectivity index (χ1n) is 6.89. The SMILES string of the molecule is C=CCN1C(=O)S/C(=C/c2cc([N+](=O)[O-])cc(OCC)c2O)C1=O. The van der Waals surface area contributed by atoms with Gasteiger partial charge >= 0.3 is 0 Å². The maximum Gasteiger partial charge on any atom is 0.293 e. The number of carbonyl (C=O) groups excluding carboxylic acids is 2.